The molecule has 75 heavy (non-hydrogen) atoms. The Labute approximate surface area is 457 Å². The zero-order valence-corrected chi connectivity index (χ0v) is 48.5. The van der Waals surface area contributed by atoms with Crippen LogP contribution in [0.4, 0.5) is 9.59 Å². The monoisotopic (exact) mass is 1100 g/mol. The van der Waals surface area contributed by atoms with Gasteiger partial charge in [0.2, 0.25) is 5.91 Å². The molecule has 0 aromatic carbocycles. The third-order valence-corrected chi connectivity index (χ3v) is 16.3. The van der Waals surface area contributed by atoms with Gasteiger partial charge in [0, 0.05) is 43.4 Å². The Bertz CT molecular complexity index is 1520. The molecule has 5 atom stereocenters. The Balaban J connectivity index is 1.58. The van der Waals surface area contributed by atoms with E-state index in [2.05, 4.69) is 35.1 Å². The molecule has 1 unspecified atom stereocenters. The Kier molecular flexibility index (Phi) is 43.3. The summed E-state index contributed by atoms with van der Waals surface area (Å²) in [7, 11) is -4.65. The molecule has 19 heteroatoms. The first-order chi connectivity index (χ1) is 36.5. The van der Waals surface area contributed by atoms with Crippen molar-refractivity contribution in [3.63, 3.8) is 0 Å². The lowest BCUT2D eigenvalue weighted by atomic mass is 10.0. The molecule has 0 saturated carbocycles. The number of phosphoric acid groups is 1. The molecule has 0 aromatic heterocycles. The fourth-order valence-electron chi connectivity index (χ4n) is 9.40. The van der Waals surface area contributed by atoms with Crippen molar-refractivity contribution in [3.05, 3.63) is 0 Å². The fraction of sp³-hybridized carbons (Fsp3) is 0.911. The molecule has 438 valence electrons. The molecule has 2 heterocycles. The molecular formula is C56H105N4O13PS. The van der Waals surface area contributed by atoms with Gasteiger partial charge in [0.25, 0.3) is 0 Å². The highest BCUT2D eigenvalue weighted by Gasteiger charge is 2.42. The highest BCUT2D eigenvalue weighted by Crippen LogP contribution is 2.43. The van der Waals surface area contributed by atoms with E-state index in [0.29, 0.717) is 31.1 Å². The first-order valence-corrected chi connectivity index (χ1v) is 32.5. The van der Waals surface area contributed by atoms with E-state index in [9.17, 15) is 33.4 Å². The van der Waals surface area contributed by atoms with Crippen molar-refractivity contribution >= 4 is 49.6 Å². The van der Waals surface area contributed by atoms with E-state index in [0.717, 1.165) is 63.5 Å². The quantitative estimate of drug-likeness (QED) is 0.0126. The smallest absolute Gasteiger partial charge is 0.462 e. The number of hydrogen-bond donors (Lipinski definition) is 5. The van der Waals surface area contributed by atoms with Crippen LogP contribution >= 0.6 is 19.6 Å². The number of rotatable bonds is 53. The highest BCUT2D eigenvalue weighted by molar-refractivity contribution is 8.00. The maximum atomic E-state index is 12.9. The number of phosphoric ester groups is 1. The Hall–Kier alpha value is -2.63. The predicted molar refractivity (Wildman–Crippen MR) is 299 cm³/mol. The molecule has 2 rings (SSSR count). The number of fused-ring (bicyclic) bond motifs is 1. The van der Waals surface area contributed by atoms with Crippen LogP contribution in [0.25, 0.3) is 0 Å². The maximum absolute atomic E-state index is 12.9. The average molecular weight is 1110 g/mol. The topological polar surface area (TPSA) is 226 Å². The SMILES string of the molecule is CCCCCCCCCCCCCCCCCC(=O)OC[C@H](COP(=O)(O)OCCNC(=O)OCCOCCNC(=O)CCCC[C@@H]1SC[C@@H]2NC(=O)N[C@@H]21)OC(=O)CCCCCCCCCCCCCCCCC. The van der Waals surface area contributed by atoms with Gasteiger partial charge < -0.3 is 45.1 Å². The fourth-order valence-corrected chi connectivity index (χ4v) is 11.7. The number of ether oxygens (including phenoxy) is 4. The van der Waals surface area contributed by atoms with Gasteiger partial charge >= 0.3 is 31.9 Å². The molecule has 0 radical (unpaired) electrons. The lowest BCUT2D eigenvalue weighted by Crippen LogP contribution is -2.36. The highest BCUT2D eigenvalue weighted by atomic mass is 32.2. The minimum absolute atomic E-state index is 0.0527. The predicted octanol–water partition coefficient (Wildman–Crippen LogP) is 12.7. The number of carbonyl (C=O) groups is 5. The minimum Gasteiger partial charge on any atom is -0.462 e. The van der Waals surface area contributed by atoms with Crippen molar-refractivity contribution < 1.29 is 61.4 Å². The van der Waals surface area contributed by atoms with Gasteiger partial charge in [-0.15, -0.1) is 0 Å². The van der Waals surface area contributed by atoms with E-state index in [4.69, 9.17) is 28.0 Å². The Morgan fingerprint density at radius 2 is 1.07 bits per heavy atom. The molecule has 0 bridgehead atoms. The van der Waals surface area contributed by atoms with Crippen LogP contribution in [0.1, 0.15) is 245 Å². The van der Waals surface area contributed by atoms with Crippen LogP contribution in [0.2, 0.25) is 0 Å². The third kappa shape index (κ3) is 40.3. The molecule has 5 N–H and O–H groups in total. The zero-order valence-electron chi connectivity index (χ0n) is 46.8. The number of hydrogen-bond acceptors (Lipinski definition) is 13. The third-order valence-electron chi connectivity index (χ3n) is 13.9. The second kappa shape index (κ2) is 47.4. The summed E-state index contributed by atoms with van der Waals surface area (Å²) in [6.45, 7) is 3.71. The van der Waals surface area contributed by atoms with Crippen LogP contribution in [-0.4, -0.2) is 117 Å². The van der Waals surface area contributed by atoms with Gasteiger partial charge in [0.1, 0.15) is 13.2 Å². The summed E-state index contributed by atoms with van der Waals surface area (Å²) >= 11 is 1.86. The van der Waals surface area contributed by atoms with E-state index in [1.165, 1.54) is 141 Å². The molecule has 4 amide bonds. The van der Waals surface area contributed by atoms with Gasteiger partial charge in [0.05, 0.1) is 38.5 Å². The number of unbranched alkanes of at least 4 members (excludes halogenated alkanes) is 29. The van der Waals surface area contributed by atoms with Crippen molar-refractivity contribution in [1.82, 2.24) is 21.3 Å². The van der Waals surface area contributed by atoms with E-state index in [1.54, 1.807) is 0 Å². The molecule has 2 fully saturated rings. The largest absolute Gasteiger partial charge is 0.472 e. The number of carbonyl (C=O) groups excluding carboxylic acids is 5. The lowest BCUT2D eigenvalue weighted by molar-refractivity contribution is -0.161. The van der Waals surface area contributed by atoms with Crippen molar-refractivity contribution in [1.29, 1.82) is 0 Å². The van der Waals surface area contributed by atoms with E-state index >= 15 is 0 Å². The summed E-state index contributed by atoms with van der Waals surface area (Å²) in [6.07, 6.45) is 38.0. The number of urea groups is 1. The molecule has 2 saturated heterocycles. The summed E-state index contributed by atoms with van der Waals surface area (Å²) in [5, 5.41) is 11.5. The van der Waals surface area contributed by atoms with Gasteiger partial charge in [-0.1, -0.05) is 200 Å². The summed E-state index contributed by atoms with van der Waals surface area (Å²) in [5.41, 5.74) is 0. The van der Waals surface area contributed by atoms with Crippen molar-refractivity contribution in [3.8, 4) is 0 Å². The summed E-state index contributed by atoms with van der Waals surface area (Å²) in [5.74, 6) is -0.0790. The second-order valence-corrected chi connectivity index (χ2v) is 23.4. The molecular weight excluding hydrogens is 1000 g/mol. The van der Waals surface area contributed by atoms with Crippen LogP contribution in [0.15, 0.2) is 0 Å². The van der Waals surface area contributed by atoms with Gasteiger partial charge in [0.15, 0.2) is 6.10 Å². The van der Waals surface area contributed by atoms with Crippen molar-refractivity contribution in [2.45, 2.75) is 268 Å². The van der Waals surface area contributed by atoms with E-state index in [1.807, 2.05) is 11.8 Å². The standard InChI is InChI=1S/C56H105N4O13PS/c1-3-5-7-9-11-13-15-17-19-21-23-25-27-29-31-37-52(62)70-45-48(73-53(63)38-32-30-28-26-24-22-20-18-16-14-12-10-8-6-4-2)46-72-74(66,67)71-42-40-58-56(65)69-44-43-68-41-39-57-51(61)36-34-33-35-50-54-49(47-75-50)59-55(64)60-54/h48-50,54H,3-47H2,1-2H3,(H,57,61)(H,58,65)(H,66,67)(H2,59,60,64)/t48-,49+,50+,54+/m1/s1. The summed E-state index contributed by atoms with van der Waals surface area (Å²) < 4.78 is 44.4. The second-order valence-electron chi connectivity index (χ2n) is 20.7. The van der Waals surface area contributed by atoms with Crippen molar-refractivity contribution in [2.24, 2.45) is 0 Å². The molecule has 2 aliphatic rings. The number of esters is 2. The normalized spacial score (nSPS) is 17.2. The van der Waals surface area contributed by atoms with Gasteiger partial charge in [-0.3, -0.25) is 23.4 Å². The first-order valence-electron chi connectivity index (χ1n) is 29.9. The molecule has 17 nitrogen and oxygen atoms in total. The number of nitrogens with one attached hydrogen (secondary N) is 4. The van der Waals surface area contributed by atoms with Crippen LogP contribution in [0, 0.1) is 0 Å². The number of amides is 4. The molecule has 0 spiro atoms. The van der Waals surface area contributed by atoms with E-state index in [-0.39, 0.29) is 76.4 Å². The Morgan fingerprint density at radius 1 is 0.573 bits per heavy atom. The summed E-state index contributed by atoms with van der Waals surface area (Å²) in [6, 6.07) is 0.262. The van der Waals surface area contributed by atoms with Crippen LogP contribution in [0.5, 0.6) is 0 Å². The Morgan fingerprint density at radius 3 is 1.61 bits per heavy atom. The first kappa shape index (κ1) is 68.5. The van der Waals surface area contributed by atoms with Gasteiger partial charge in [-0.25, -0.2) is 14.2 Å². The van der Waals surface area contributed by atoms with Crippen LogP contribution in [0.3, 0.4) is 0 Å². The van der Waals surface area contributed by atoms with Crippen molar-refractivity contribution in [2.75, 3.05) is 58.5 Å². The van der Waals surface area contributed by atoms with Crippen LogP contribution in [-0.2, 0) is 46.9 Å². The van der Waals surface area contributed by atoms with Crippen LogP contribution < -0.4 is 21.3 Å². The van der Waals surface area contributed by atoms with Gasteiger partial charge in [-0.2, -0.15) is 11.8 Å². The maximum Gasteiger partial charge on any atom is 0.472 e. The lowest BCUT2D eigenvalue weighted by Gasteiger charge is -2.20. The molecule has 0 aliphatic carbocycles. The number of alkyl carbamates (subject to hydrolysis) is 1. The van der Waals surface area contributed by atoms with Gasteiger partial charge in [-0.05, 0) is 25.7 Å². The number of thioether (sulfide) groups is 1. The molecule has 0 aromatic rings. The zero-order chi connectivity index (χ0) is 54.3. The average Bonchev–Trinajstić information content (AvgIpc) is 3.95. The van der Waals surface area contributed by atoms with E-state index < -0.39 is 38.6 Å². The molecule has 2 aliphatic heterocycles. The minimum atomic E-state index is -4.65. The summed E-state index contributed by atoms with van der Waals surface area (Å²) in [4.78, 5) is 71.8.